The van der Waals surface area contributed by atoms with Crippen molar-refractivity contribution in [2.45, 2.75) is 13.8 Å². The molecular weight excluding hydrogens is 494 g/mol. The van der Waals surface area contributed by atoms with Crippen LogP contribution >= 0.6 is 0 Å². The SMILES string of the molecule is C=C/C=C(\C)c1ccc(N(c2ccc(C(=C)/C=C\C)cc2)c2ccccc2-c2ccc(-c3ccccc3)cc2)cc1. The van der Waals surface area contributed by atoms with Gasteiger partial charge in [0.25, 0.3) is 0 Å². The van der Waals surface area contributed by atoms with Crippen LogP contribution in [0.15, 0.2) is 165 Å². The first kappa shape index (κ1) is 27.4. The molecule has 0 saturated heterocycles. The van der Waals surface area contributed by atoms with Gasteiger partial charge in [-0.2, -0.15) is 0 Å². The highest BCUT2D eigenvalue weighted by Gasteiger charge is 2.17. The average Bonchev–Trinajstić information content (AvgIpc) is 3.03. The molecule has 0 aliphatic rings. The van der Waals surface area contributed by atoms with Gasteiger partial charge in [-0.3, -0.25) is 0 Å². The Kier molecular flexibility index (Phi) is 8.57. The summed E-state index contributed by atoms with van der Waals surface area (Å²) in [6.45, 7) is 12.2. The van der Waals surface area contributed by atoms with Crippen LogP contribution in [0.3, 0.4) is 0 Å². The average molecular weight is 530 g/mol. The van der Waals surface area contributed by atoms with Gasteiger partial charge >= 0.3 is 0 Å². The molecule has 1 nitrogen and oxygen atoms in total. The molecule has 0 bridgehead atoms. The summed E-state index contributed by atoms with van der Waals surface area (Å²) in [5, 5.41) is 0. The lowest BCUT2D eigenvalue weighted by atomic mass is 9.98. The van der Waals surface area contributed by atoms with E-state index in [0.717, 1.165) is 28.2 Å². The third-order valence-electron chi connectivity index (χ3n) is 7.26. The van der Waals surface area contributed by atoms with Gasteiger partial charge in [-0.15, -0.1) is 0 Å². The molecule has 1 heteroatoms. The predicted octanol–water partition coefficient (Wildman–Crippen LogP) is 11.7. The Morgan fingerprint density at radius 1 is 0.610 bits per heavy atom. The second-order valence-corrected chi connectivity index (χ2v) is 10.0. The molecule has 0 heterocycles. The first-order valence-corrected chi connectivity index (χ1v) is 14.0. The van der Waals surface area contributed by atoms with Crippen molar-refractivity contribution in [1.82, 2.24) is 0 Å². The Morgan fingerprint density at radius 2 is 1.15 bits per heavy atom. The largest absolute Gasteiger partial charge is 0.310 e. The van der Waals surface area contributed by atoms with Crippen molar-refractivity contribution in [2.24, 2.45) is 0 Å². The standard InChI is InChI=1S/C40H35N/c1-5-12-30(3)32-22-26-37(27-23-32)41(38-28-24-33(25-29-38)31(4)13-6-2)40-17-11-10-16-39(40)36-20-18-35(19-21-36)34-14-8-7-9-15-34/h5-29H,1,4H2,2-3H3/b13-6-,30-12+. The highest BCUT2D eigenvalue weighted by molar-refractivity contribution is 5.89. The number of hydrogen-bond acceptors (Lipinski definition) is 1. The van der Waals surface area contributed by atoms with Crippen LogP contribution < -0.4 is 4.90 Å². The minimum Gasteiger partial charge on any atom is -0.310 e. The van der Waals surface area contributed by atoms with Crippen LogP contribution in [0.2, 0.25) is 0 Å². The number of nitrogens with zero attached hydrogens (tertiary/aromatic N) is 1. The third-order valence-corrected chi connectivity index (χ3v) is 7.26. The van der Waals surface area contributed by atoms with E-state index in [9.17, 15) is 0 Å². The van der Waals surface area contributed by atoms with E-state index >= 15 is 0 Å². The van der Waals surface area contributed by atoms with Crippen LogP contribution in [0.1, 0.15) is 25.0 Å². The van der Waals surface area contributed by atoms with Gasteiger partial charge in [0.15, 0.2) is 0 Å². The van der Waals surface area contributed by atoms with Crippen LogP contribution in [0, 0.1) is 0 Å². The fraction of sp³-hybridized carbons (Fsp3) is 0.0500. The van der Waals surface area contributed by atoms with Gasteiger partial charge in [0.2, 0.25) is 0 Å². The van der Waals surface area contributed by atoms with Gasteiger partial charge in [-0.05, 0) is 83.1 Å². The molecule has 0 amide bonds. The Balaban J connectivity index is 1.60. The summed E-state index contributed by atoms with van der Waals surface area (Å²) in [6, 6.07) is 45.4. The van der Waals surface area contributed by atoms with Gasteiger partial charge < -0.3 is 4.90 Å². The maximum Gasteiger partial charge on any atom is 0.0540 e. The first-order valence-electron chi connectivity index (χ1n) is 14.0. The van der Waals surface area contributed by atoms with Crippen molar-refractivity contribution in [1.29, 1.82) is 0 Å². The van der Waals surface area contributed by atoms with E-state index in [-0.39, 0.29) is 0 Å². The van der Waals surface area contributed by atoms with Crippen LogP contribution in [0.25, 0.3) is 33.4 Å². The summed E-state index contributed by atoms with van der Waals surface area (Å²) < 4.78 is 0. The molecule has 5 rings (SSSR count). The fourth-order valence-electron chi connectivity index (χ4n) is 5.08. The van der Waals surface area contributed by atoms with Crippen molar-refractivity contribution >= 4 is 28.2 Å². The third kappa shape index (κ3) is 6.21. The van der Waals surface area contributed by atoms with E-state index < -0.39 is 0 Å². The van der Waals surface area contributed by atoms with Gasteiger partial charge in [-0.1, -0.05) is 135 Å². The molecule has 0 aromatic heterocycles. The number of anilines is 3. The van der Waals surface area contributed by atoms with E-state index in [4.69, 9.17) is 0 Å². The number of allylic oxidation sites excluding steroid dienone is 6. The smallest absolute Gasteiger partial charge is 0.0540 e. The molecule has 41 heavy (non-hydrogen) atoms. The molecule has 5 aromatic rings. The summed E-state index contributed by atoms with van der Waals surface area (Å²) in [5.41, 5.74) is 12.5. The molecule has 0 N–H and O–H groups in total. The Morgan fingerprint density at radius 3 is 1.76 bits per heavy atom. The molecule has 0 fully saturated rings. The quantitative estimate of drug-likeness (QED) is 0.172. The lowest BCUT2D eigenvalue weighted by molar-refractivity contribution is 1.28. The lowest BCUT2D eigenvalue weighted by Crippen LogP contribution is -2.11. The monoisotopic (exact) mass is 529 g/mol. The molecule has 0 aliphatic carbocycles. The molecule has 5 aromatic carbocycles. The number of hydrogen-bond donors (Lipinski definition) is 0. The highest BCUT2D eigenvalue weighted by atomic mass is 15.1. The van der Waals surface area contributed by atoms with Crippen molar-refractivity contribution in [3.8, 4) is 22.3 Å². The maximum absolute atomic E-state index is 4.22. The molecule has 200 valence electrons. The van der Waals surface area contributed by atoms with Crippen LogP contribution in [0.5, 0.6) is 0 Å². The second kappa shape index (κ2) is 12.8. The highest BCUT2D eigenvalue weighted by Crippen LogP contribution is 2.41. The van der Waals surface area contributed by atoms with Gasteiger partial charge in [0.1, 0.15) is 0 Å². The summed E-state index contributed by atoms with van der Waals surface area (Å²) >= 11 is 0. The summed E-state index contributed by atoms with van der Waals surface area (Å²) in [6.07, 6.45) is 7.93. The van der Waals surface area contributed by atoms with Crippen molar-refractivity contribution in [2.75, 3.05) is 4.90 Å². The molecule has 0 atom stereocenters. The minimum atomic E-state index is 0.998. The molecule has 0 saturated carbocycles. The first-order chi connectivity index (χ1) is 20.1. The van der Waals surface area contributed by atoms with E-state index in [1.54, 1.807) is 0 Å². The van der Waals surface area contributed by atoms with E-state index in [0.29, 0.717) is 0 Å². The molecule has 0 spiro atoms. The number of benzene rings is 5. The maximum atomic E-state index is 4.22. The van der Waals surface area contributed by atoms with Gasteiger partial charge in [0.05, 0.1) is 5.69 Å². The zero-order valence-corrected chi connectivity index (χ0v) is 23.8. The summed E-state index contributed by atoms with van der Waals surface area (Å²) in [5.74, 6) is 0. The summed E-state index contributed by atoms with van der Waals surface area (Å²) in [4.78, 5) is 2.33. The molecule has 0 radical (unpaired) electrons. The zero-order chi connectivity index (χ0) is 28.6. The second-order valence-electron chi connectivity index (χ2n) is 10.0. The number of rotatable bonds is 9. The summed E-state index contributed by atoms with van der Waals surface area (Å²) in [7, 11) is 0. The van der Waals surface area contributed by atoms with Crippen LogP contribution in [0.4, 0.5) is 17.1 Å². The molecular formula is C40H35N. The van der Waals surface area contributed by atoms with E-state index in [1.165, 1.54) is 33.4 Å². The van der Waals surface area contributed by atoms with Crippen LogP contribution in [-0.2, 0) is 0 Å². The topological polar surface area (TPSA) is 3.24 Å². The Hall–Kier alpha value is -5.14. The van der Waals surface area contributed by atoms with E-state index in [1.807, 2.05) is 31.2 Å². The fourth-order valence-corrected chi connectivity index (χ4v) is 5.08. The van der Waals surface area contributed by atoms with Crippen molar-refractivity contribution in [3.63, 3.8) is 0 Å². The predicted molar refractivity (Wildman–Crippen MR) is 180 cm³/mol. The van der Waals surface area contributed by atoms with Crippen molar-refractivity contribution < 1.29 is 0 Å². The molecule has 0 unspecified atom stereocenters. The van der Waals surface area contributed by atoms with Gasteiger partial charge in [0, 0.05) is 16.9 Å². The van der Waals surface area contributed by atoms with Gasteiger partial charge in [-0.25, -0.2) is 0 Å². The van der Waals surface area contributed by atoms with E-state index in [2.05, 4.69) is 152 Å². The van der Waals surface area contributed by atoms with Crippen LogP contribution in [-0.4, -0.2) is 0 Å². The number of para-hydroxylation sites is 1. The lowest BCUT2D eigenvalue weighted by Gasteiger charge is -2.28. The Bertz CT molecular complexity index is 1680. The minimum absolute atomic E-state index is 0.998. The molecule has 0 aliphatic heterocycles. The zero-order valence-electron chi connectivity index (χ0n) is 23.8. The van der Waals surface area contributed by atoms with Crippen molar-refractivity contribution in [3.05, 3.63) is 176 Å². The Labute approximate surface area is 244 Å². The normalized spacial score (nSPS) is 11.4.